The van der Waals surface area contributed by atoms with Crippen molar-refractivity contribution >= 4 is 17.0 Å². The Morgan fingerprint density at radius 1 is 1.44 bits per heavy atom. The van der Waals surface area contributed by atoms with E-state index in [4.69, 9.17) is 4.74 Å². The summed E-state index contributed by atoms with van der Waals surface area (Å²) in [6.07, 6.45) is 3.57. The second kappa shape index (κ2) is 9.78. The van der Waals surface area contributed by atoms with E-state index in [-0.39, 0.29) is 11.7 Å². The molecule has 0 aromatic carbocycles. The van der Waals surface area contributed by atoms with E-state index in [0.717, 1.165) is 12.8 Å². The van der Waals surface area contributed by atoms with Gasteiger partial charge < -0.3 is 9.29 Å². The van der Waals surface area contributed by atoms with Crippen LogP contribution in [0, 0.1) is 5.92 Å². The van der Waals surface area contributed by atoms with Gasteiger partial charge in [0, 0.05) is 12.2 Å². The predicted molar refractivity (Wildman–Crippen MR) is 62.7 cm³/mol. The van der Waals surface area contributed by atoms with Crippen molar-refractivity contribution in [3.8, 4) is 0 Å². The SMILES string of the molecule is CCCC(C)COC(=O)CCCCS(=O)[O-]. The van der Waals surface area contributed by atoms with E-state index in [1.54, 1.807) is 0 Å². The summed E-state index contributed by atoms with van der Waals surface area (Å²) in [5, 5.41) is 0. The largest absolute Gasteiger partial charge is 0.772 e. The van der Waals surface area contributed by atoms with Crippen LogP contribution in [0.3, 0.4) is 0 Å². The van der Waals surface area contributed by atoms with Crippen LogP contribution in [0.4, 0.5) is 0 Å². The molecular weight excluding hydrogens is 228 g/mol. The Morgan fingerprint density at radius 3 is 2.69 bits per heavy atom. The van der Waals surface area contributed by atoms with Crippen molar-refractivity contribution in [1.29, 1.82) is 0 Å². The topological polar surface area (TPSA) is 66.4 Å². The summed E-state index contributed by atoms with van der Waals surface area (Å²) in [4.78, 5) is 11.2. The Morgan fingerprint density at radius 2 is 2.12 bits per heavy atom. The molecule has 2 atom stereocenters. The first-order valence-electron chi connectivity index (χ1n) is 5.77. The summed E-state index contributed by atoms with van der Waals surface area (Å²) in [6.45, 7) is 4.62. The van der Waals surface area contributed by atoms with Crippen LogP contribution in [-0.2, 0) is 20.6 Å². The first-order valence-corrected chi connectivity index (χ1v) is 7.02. The molecule has 0 bridgehead atoms. The van der Waals surface area contributed by atoms with E-state index in [9.17, 15) is 13.6 Å². The zero-order chi connectivity index (χ0) is 12.4. The van der Waals surface area contributed by atoms with Gasteiger partial charge in [0.25, 0.3) is 0 Å². The third-order valence-corrected chi connectivity index (χ3v) is 2.87. The molecule has 0 amide bonds. The van der Waals surface area contributed by atoms with Crippen molar-refractivity contribution in [3.63, 3.8) is 0 Å². The lowest BCUT2D eigenvalue weighted by molar-refractivity contribution is -0.145. The standard InChI is InChI=1S/C11H22O4S/c1-3-6-10(2)9-15-11(12)7-4-5-8-16(13)14/h10H,3-9H2,1-2H3,(H,13,14)/p-1. The fourth-order valence-electron chi connectivity index (χ4n) is 1.37. The third-order valence-electron chi connectivity index (χ3n) is 2.25. The van der Waals surface area contributed by atoms with Gasteiger partial charge in [-0.15, -0.1) is 0 Å². The molecule has 96 valence electrons. The molecule has 16 heavy (non-hydrogen) atoms. The van der Waals surface area contributed by atoms with Crippen molar-refractivity contribution in [1.82, 2.24) is 0 Å². The molecule has 0 heterocycles. The molecule has 0 rings (SSSR count). The molecule has 0 spiro atoms. The van der Waals surface area contributed by atoms with Gasteiger partial charge >= 0.3 is 5.97 Å². The first kappa shape index (κ1) is 15.6. The van der Waals surface area contributed by atoms with Crippen LogP contribution in [0.1, 0.15) is 46.0 Å². The molecule has 5 heteroatoms. The molecule has 0 saturated heterocycles. The number of carbonyl (C=O) groups excluding carboxylic acids is 1. The zero-order valence-electron chi connectivity index (χ0n) is 10.1. The molecular formula is C11H21O4S-. The van der Waals surface area contributed by atoms with E-state index < -0.39 is 11.1 Å². The molecule has 0 saturated carbocycles. The second-order valence-corrected chi connectivity index (χ2v) is 5.06. The quantitative estimate of drug-likeness (QED) is 0.356. The average molecular weight is 249 g/mol. The minimum Gasteiger partial charge on any atom is -0.772 e. The van der Waals surface area contributed by atoms with Crippen molar-refractivity contribution in [2.45, 2.75) is 46.0 Å². The number of hydrogen-bond donors (Lipinski definition) is 0. The summed E-state index contributed by atoms with van der Waals surface area (Å²) >= 11 is -2.00. The van der Waals surface area contributed by atoms with Gasteiger partial charge in [-0.2, -0.15) is 0 Å². The van der Waals surface area contributed by atoms with Crippen molar-refractivity contribution in [2.75, 3.05) is 12.4 Å². The van der Waals surface area contributed by atoms with Crippen LogP contribution in [0.25, 0.3) is 0 Å². The molecule has 0 aromatic rings. The van der Waals surface area contributed by atoms with Crippen molar-refractivity contribution in [2.24, 2.45) is 5.92 Å². The number of hydrogen-bond acceptors (Lipinski definition) is 4. The summed E-state index contributed by atoms with van der Waals surface area (Å²) in [7, 11) is 0. The van der Waals surface area contributed by atoms with Crippen molar-refractivity contribution in [3.05, 3.63) is 0 Å². The molecule has 0 N–H and O–H groups in total. The van der Waals surface area contributed by atoms with Crippen LogP contribution in [0.2, 0.25) is 0 Å². The van der Waals surface area contributed by atoms with Crippen LogP contribution in [0.15, 0.2) is 0 Å². The van der Waals surface area contributed by atoms with Crippen molar-refractivity contribution < 1.29 is 18.3 Å². The average Bonchev–Trinajstić information content (AvgIpc) is 2.22. The molecule has 0 radical (unpaired) electrons. The number of unbranched alkanes of at least 4 members (excludes halogenated alkanes) is 1. The van der Waals surface area contributed by atoms with E-state index in [1.165, 1.54) is 0 Å². The summed E-state index contributed by atoms with van der Waals surface area (Å²) in [6, 6.07) is 0. The monoisotopic (exact) mass is 249 g/mol. The fourth-order valence-corrected chi connectivity index (χ4v) is 1.81. The Hall–Kier alpha value is -0.420. The van der Waals surface area contributed by atoms with E-state index in [0.29, 0.717) is 31.8 Å². The highest BCUT2D eigenvalue weighted by atomic mass is 32.2. The third kappa shape index (κ3) is 10.1. The molecule has 0 aliphatic heterocycles. The molecule has 0 aromatic heterocycles. The smallest absolute Gasteiger partial charge is 0.305 e. The lowest BCUT2D eigenvalue weighted by Crippen LogP contribution is -2.11. The zero-order valence-corrected chi connectivity index (χ0v) is 10.9. The van der Waals surface area contributed by atoms with Crippen LogP contribution in [0.5, 0.6) is 0 Å². The minimum atomic E-state index is -2.00. The lowest BCUT2D eigenvalue weighted by Gasteiger charge is -2.10. The van der Waals surface area contributed by atoms with Gasteiger partial charge in [0.15, 0.2) is 0 Å². The number of ether oxygens (including phenoxy) is 1. The van der Waals surface area contributed by atoms with Gasteiger partial charge in [-0.1, -0.05) is 31.3 Å². The fraction of sp³-hybridized carbons (Fsp3) is 0.909. The Balaban J connectivity index is 3.41. The normalized spacial score (nSPS) is 14.4. The molecule has 0 aliphatic carbocycles. The second-order valence-electron chi connectivity index (χ2n) is 4.04. The van der Waals surface area contributed by atoms with Gasteiger partial charge in [-0.3, -0.25) is 9.00 Å². The number of esters is 1. The van der Waals surface area contributed by atoms with Gasteiger partial charge in [-0.25, -0.2) is 0 Å². The van der Waals surface area contributed by atoms with E-state index in [1.807, 2.05) is 0 Å². The molecule has 4 nitrogen and oxygen atoms in total. The van der Waals surface area contributed by atoms with Gasteiger partial charge in [0.05, 0.1) is 6.61 Å². The Kier molecular flexibility index (Phi) is 9.52. The predicted octanol–water partition coefficient (Wildman–Crippen LogP) is 2.02. The van der Waals surface area contributed by atoms with Crippen LogP contribution < -0.4 is 0 Å². The minimum absolute atomic E-state index is 0.125. The van der Waals surface area contributed by atoms with Gasteiger partial charge in [-0.05, 0) is 25.2 Å². The maximum Gasteiger partial charge on any atom is 0.305 e. The highest BCUT2D eigenvalue weighted by Gasteiger charge is 2.06. The Labute approximate surface area is 100 Å². The van der Waals surface area contributed by atoms with Crippen LogP contribution in [-0.4, -0.2) is 27.1 Å². The molecule has 0 aliphatic rings. The van der Waals surface area contributed by atoms with Crippen LogP contribution >= 0.6 is 0 Å². The van der Waals surface area contributed by atoms with E-state index >= 15 is 0 Å². The Bertz CT molecular complexity index is 218. The molecule has 2 unspecified atom stereocenters. The summed E-state index contributed by atoms with van der Waals surface area (Å²) in [5.74, 6) is 0.308. The summed E-state index contributed by atoms with van der Waals surface area (Å²) in [5.41, 5.74) is 0. The first-order chi connectivity index (χ1) is 7.56. The summed E-state index contributed by atoms with van der Waals surface area (Å²) < 4.78 is 25.5. The lowest BCUT2D eigenvalue weighted by atomic mass is 10.1. The number of rotatable bonds is 9. The maximum atomic E-state index is 11.2. The maximum absolute atomic E-state index is 11.2. The van der Waals surface area contributed by atoms with E-state index in [2.05, 4.69) is 13.8 Å². The van der Waals surface area contributed by atoms with Gasteiger partial charge in [0.2, 0.25) is 0 Å². The van der Waals surface area contributed by atoms with Gasteiger partial charge in [0.1, 0.15) is 0 Å². The highest BCUT2D eigenvalue weighted by molar-refractivity contribution is 7.79. The molecule has 0 fully saturated rings. The number of carbonyl (C=O) groups is 1. The highest BCUT2D eigenvalue weighted by Crippen LogP contribution is 2.06.